The van der Waals surface area contributed by atoms with Crippen molar-refractivity contribution in [2.45, 2.75) is 32.4 Å². The molecule has 2 nitrogen and oxygen atoms in total. The first-order valence-electron chi connectivity index (χ1n) is 6.59. The molecule has 1 aliphatic heterocycles. The molecule has 1 N–H and O–H groups in total. The molecule has 0 spiro atoms. The van der Waals surface area contributed by atoms with Crippen LogP contribution in [0, 0.1) is 11.6 Å². The van der Waals surface area contributed by atoms with E-state index < -0.39 is 0 Å². The van der Waals surface area contributed by atoms with Crippen LogP contribution < -0.4 is 5.32 Å². The SMILES string of the molecule is CCCC1CNCCN1Cc1cc(F)ccc1F.Cl. The van der Waals surface area contributed by atoms with Crippen LogP contribution in [0.15, 0.2) is 18.2 Å². The monoisotopic (exact) mass is 290 g/mol. The van der Waals surface area contributed by atoms with Crippen molar-refractivity contribution in [1.82, 2.24) is 10.2 Å². The van der Waals surface area contributed by atoms with Crippen molar-refractivity contribution in [2.75, 3.05) is 19.6 Å². The predicted octanol–water partition coefficient (Wildman–Crippen LogP) is 2.96. The highest BCUT2D eigenvalue weighted by Crippen LogP contribution is 2.17. The van der Waals surface area contributed by atoms with E-state index in [1.807, 2.05) is 0 Å². The lowest BCUT2D eigenvalue weighted by atomic mass is 10.1. The van der Waals surface area contributed by atoms with Crippen molar-refractivity contribution in [3.63, 3.8) is 0 Å². The Hall–Kier alpha value is -0.710. The van der Waals surface area contributed by atoms with E-state index in [2.05, 4.69) is 17.1 Å². The molecule has 1 atom stereocenters. The van der Waals surface area contributed by atoms with Gasteiger partial charge in [0.05, 0.1) is 0 Å². The summed E-state index contributed by atoms with van der Waals surface area (Å²) in [6.45, 7) is 5.38. The summed E-state index contributed by atoms with van der Waals surface area (Å²) >= 11 is 0. The van der Waals surface area contributed by atoms with Crippen LogP contribution in [0.1, 0.15) is 25.3 Å². The third-order valence-electron chi connectivity index (χ3n) is 3.48. The van der Waals surface area contributed by atoms with Crippen LogP contribution in [0.2, 0.25) is 0 Å². The van der Waals surface area contributed by atoms with E-state index in [1.54, 1.807) is 0 Å². The minimum atomic E-state index is -0.367. The third kappa shape index (κ3) is 4.41. The number of nitrogens with one attached hydrogen (secondary N) is 1. The summed E-state index contributed by atoms with van der Waals surface area (Å²) in [6, 6.07) is 4.11. The van der Waals surface area contributed by atoms with Crippen LogP contribution in [-0.4, -0.2) is 30.6 Å². The molecular weight excluding hydrogens is 270 g/mol. The molecule has 0 bridgehead atoms. The Morgan fingerprint density at radius 3 is 2.89 bits per heavy atom. The minimum Gasteiger partial charge on any atom is -0.314 e. The lowest BCUT2D eigenvalue weighted by molar-refractivity contribution is 0.142. The van der Waals surface area contributed by atoms with Crippen LogP contribution in [0.3, 0.4) is 0 Å². The van der Waals surface area contributed by atoms with Gasteiger partial charge in [-0.25, -0.2) is 8.78 Å². The molecule has 1 saturated heterocycles. The number of nitrogens with zero attached hydrogens (tertiary/aromatic N) is 1. The summed E-state index contributed by atoms with van der Waals surface area (Å²) in [6.07, 6.45) is 2.19. The molecule has 1 heterocycles. The van der Waals surface area contributed by atoms with E-state index in [0.29, 0.717) is 18.2 Å². The number of benzene rings is 1. The Kier molecular flexibility index (Phi) is 6.69. The Morgan fingerprint density at radius 1 is 1.37 bits per heavy atom. The summed E-state index contributed by atoms with van der Waals surface area (Å²) in [7, 11) is 0. The number of rotatable bonds is 4. The normalized spacial score (nSPS) is 20.1. The highest BCUT2D eigenvalue weighted by atomic mass is 35.5. The molecule has 1 aromatic carbocycles. The van der Waals surface area contributed by atoms with Gasteiger partial charge in [0.1, 0.15) is 11.6 Å². The lowest BCUT2D eigenvalue weighted by Crippen LogP contribution is -2.50. The smallest absolute Gasteiger partial charge is 0.127 e. The van der Waals surface area contributed by atoms with Crippen molar-refractivity contribution in [3.8, 4) is 0 Å². The fourth-order valence-corrected chi connectivity index (χ4v) is 2.51. The molecule has 2 rings (SSSR count). The molecule has 1 unspecified atom stereocenters. The summed E-state index contributed by atoms with van der Waals surface area (Å²) in [4.78, 5) is 2.25. The zero-order valence-corrected chi connectivity index (χ0v) is 12.0. The van der Waals surface area contributed by atoms with Crippen molar-refractivity contribution in [2.24, 2.45) is 0 Å². The average molecular weight is 291 g/mol. The standard InChI is InChI=1S/C14H20F2N2.ClH/c1-2-3-13-9-17-6-7-18(13)10-11-8-12(15)4-5-14(11)16;/h4-5,8,13,17H,2-3,6-7,9-10H2,1H3;1H. The van der Waals surface area contributed by atoms with Gasteiger partial charge < -0.3 is 5.32 Å². The van der Waals surface area contributed by atoms with Crippen LogP contribution in [0.25, 0.3) is 0 Å². The Balaban J connectivity index is 0.00000180. The first-order chi connectivity index (χ1) is 8.70. The van der Waals surface area contributed by atoms with Crippen LogP contribution in [0.5, 0.6) is 0 Å². The Bertz CT molecular complexity index is 399. The van der Waals surface area contributed by atoms with Crippen molar-refractivity contribution < 1.29 is 8.78 Å². The van der Waals surface area contributed by atoms with Gasteiger partial charge in [-0.05, 0) is 24.6 Å². The van der Waals surface area contributed by atoms with Gasteiger partial charge in [0.15, 0.2) is 0 Å². The molecule has 0 saturated carbocycles. The van der Waals surface area contributed by atoms with Gasteiger partial charge >= 0.3 is 0 Å². The maximum Gasteiger partial charge on any atom is 0.127 e. The average Bonchev–Trinajstić information content (AvgIpc) is 2.36. The van der Waals surface area contributed by atoms with Gasteiger partial charge in [-0.2, -0.15) is 0 Å². The number of halogens is 3. The number of hydrogen-bond donors (Lipinski definition) is 1. The molecule has 19 heavy (non-hydrogen) atoms. The topological polar surface area (TPSA) is 15.3 Å². The molecule has 0 amide bonds. The second-order valence-electron chi connectivity index (χ2n) is 4.85. The fourth-order valence-electron chi connectivity index (χ4n) is 2.51. The molecule has 108 valence electrons. The summed E-state index contributed by atoms with van der Waals surface area (Å²) in [5, 5.41) is 3.35. The summed E-state index contributed by atoms with van der Waals surface area (Å²) in [5.41, 5.74) is 0.456. The minimum absolute atomic E-state index is 0. The highest BCUT2D eigenvalue weighted by molar-refractivity contribution is 5.85. The molecular formula is C14H21ClF2N2. The molecule has 1 fully saturated rings. The highest BCUT2D eigenvalue weighted by Gasteiger charge is 2.22. The second-order valence-corrected chi connectivity index (χ2v) is 4.85. The van der Waals surface area contributed by atoms with Crippen molar-refractivity contribution in [3.05, 3.63) is 35.4 Å². The zero-order chi connectivity index (χ0) is 13.0. The Labute approximate surface area is 119 Å². The summed E-state index contributed by atoms with van der Waals surface area (Å²) in [5.74, 6) is -0.682. The molecule has 0 aliphatic carbocycles. The van der Waals surface area contributed by atoms with Gasteiger partial charge in [0.2, 0.25) is 0 Å². The van der Waals surface area contributed by atoms with E-state index >= 15 is 0 Å². The second kappa shape index (κ2) is 7.78. The molecule has 0 radical (unpaired) electrons. The molecule has 1 aliphatic rings. The molecule has 0 aromatic heterocycles. The maximum absolute atomic E-state index is 13.6. The van der Waals surface area contributed by atoms with Gasteiger partial charge in [0, 0.05) is 37.8 Å². The van der Waals surface area contributed by atoms with E-state index in [-0.39, 0.29) is 24.0 Å². The number of hydrogen-bond acceptors (Lipinski definition) is 2. The van der Waals surface area contributed by atoms with E-state index in [1.165, 1.54) is 18.2 Å². The largest absolute Gasteiger partial charge is 0.314 e. The van der Waals surface area contributed by atoms with Crippen molar-refractivity contribution in [1.29, 1.82) is 0 Å². The fraction of sp³-hybridized carbons (Fsp3) is 0.571. The van der Waals surface area contributed by atoms with Gasteiger partial charge in [-0.15, -0.1) is 12.4 Å². The van der Waals surface area contributed by atoms with E-state index in [9.17, 15) is 8.78 Å². The Morgan fingerprint density at radius 2 is 2.16 bits per heavy atom. The quantitative estimate of drug-likeness (QED) is 0.917. The van der Waals surface area contributed by atoms with Crippen LogP contribution >= 0.6 is 12.4 Å². The zero-order valence-electron chi connectivity index (χ0n) is 11.2. The number of piperazine rings is 1. The van der Waals surface area contributed by atoms with E-state index in [4.69, 9.17) is 0 Å². The van der Waals surface area contributed by atoms with Gasteiger partial charge in [0.25, 0.3) is 0 Å². The molecule has 5 heteroatoms. The first-order valence-corrected chi connectivity index (χ1v) is 6.59. The third-order valence-corrected chi connectivity index (χ3v) is 3.48. The van der Waals surface area contributed by atoms with Crippen molar-refractivity contribution >= 4 is 12.4 Å². The van der Waals surface area contributed by atoms with Gasteiger partial charge in [-0.1, -0.05) is 13.3 Å². The van der Waals surface area contributed by atoms with Gasteiger partial charge in [-0.3, -0.25) is 4.90 Å². The molecule has 1 aromatic rings. The van der Waals surface area contributed by atoms with E-state index in [0.717, 1.165) is 32.5 Å². The van der Waals surface area contributed by atoms with Crippen LogP contribution in [0.4, 0.5) is 8.78 Å². The predicted molar refractivity (Wildman–Crippen MR) is 75.6 cm³/mol. The maximum atomic E-state index is 13.6. The lowest BCUT2D eigenvalue weighted by Gasteiger charge is -2.36. The van der Waals surface area contributed by atoms with Crippen LogP contribution in [-0.2, 0) is 6.54 Å². The summed E-state index contributed by atoms with van der Waals surface area (Å²) < 4.78 is 26.8. The first kappa shape index (κ1) is 16.3.